The van der Waals surface area contributed by atoms with Crippen molar-refractivity contribution < 1.29 is 9.53 Å². The lowest BCUT2D eigenvalue weighted by molar-refractivity contribution is -0.136. The Hall–Kier alpha value is -1.08. The summed E-state index contributed by atoms with van der Waals surface area (Å²) in [5.74, 6) is -0.167. The zero-order valence-corrected chi connectivity index (χ0v) is 9.33. The van der Waals surface area contributed by atoms with E-state index in [1.807, 2.05) is 13.0 Å². The molecule has 0 heterocycles. The first kappa shape index (κ1) is 12.9. The fourth-order valence-electron chi connectivity index (χ4n) is 0.972. The quantitative estimate of drug-likeness (QED) is 0.620. The molecule has 0 radical (unpaired) electrons. The molecule has 0 unspecified atom stereocenters. The highest BCUT2D eigenvalue weighted by molar-refractivity contribution is 5.84. The summed E-state index contributed by atoms with van der Waals surface area (Å²) in [5.41, 5.74) is -0.943. The molecule has 0 fully saturated rings. The average molecular weight is 198 g/mol. The highest BCUT2D eigenvalue weighted by atomic mass is 16.5. The minimum absolute atomic E-state index is 0.167. The van der Waals surface area contributed by atoms with E-state index in [0.717, 1.165) is 0 Å². The Morgan fingerprint density at radius 3 is 2.57 bits per heavy atom. The second-order valence-corrected chi connectivity index (χ2v) is 3.66. The topological polar surface area (TPSA) is 53.3 Å². The Bertz CT molecular complexity index is 231. The van der Waals surface area contributed by atoms with Gasteiger partial charge in [-0.15, -0.1) is 0 Å². The molecule has 0 rings (SSSR count). The van der Waals surface area contributed by atoms with Crippen molar-refractivity contribution in [2.24, 2.45) is 5.41 Å². The summed E-state index contributed by atoms with van der Waals surface area (Å²) in [5, 5.41) is 8.76. The van der Waals surface area contributed by atoms with Crippen LogP contribution in [0.4, 0.5) is 0 Å². The van der Waals surface area contributed by atoms with Crippen molar-refractivity contribution in [2.75, 3.05) is 26.8 Å². The molecule has 0 aliphatic rings. The van der Waals surface area contributed by atoms with Gasteiger partial charge in [0.1, 0.15) is 5.41 Å². The first-order chi connectivity index (χ1) is 6.45. The Labute approximate surface area is 85.5 Å². The molecule has 0 aliphatic carbocycles. The number of nitrogens with zero attached hydrogens (tertiary/aromatic N) is 2. The number of ether oxygens (including phenoxy) is 1. The fourth-order valence-corrected chi connectivity index (χ4v) is 0.972. The van der Waals surface area contributed by atoms with Gasteiger partial charge >= 0.3 is 0 Å². The maximum absolute atomic E-state index is 11.6. The number of rotatable bonds is 5. The third kappa shape index (κ3) is 3.75. The maximum atomic E-state index is 11.6. The van der Waals surface area contributed by atoms with Crippen molar-refractivity contribution in [3.05, 3.63) is 0 Å². The van der Waals surface area contributed by atoms with Gasteiger partial charge in [0.25, 0.3) is 0 Å². The number of hydrogen-bond donors (Lipinski definition) is 0. The molecule has 80 valence electrons. The molecule has 0 saturated heterocycles. The lowest BCUT2D eigenvalue weighted by atomic mass is 9.94. The molecular formula is C10H18N2O2. The van der Waals surface area contributed by atoms with E-state index in [9.17, 15) is 4.79 Å². The molecule has 0 saturated carbocycles. The lowest BCUT2D eigenvalue weighted by Gasteiger charge is -2.23. The van der Waals surface area contributed by atoms with Gasteiger partial charge in [0.15, 0.2) is 0 Å². The third-order valence-corrected chi connectivity index (χ3v) is 1.94. The predicted octanol–water partition coefficient (Wildman–Crippen LogP) is 1.03. The van der Waals surface area contributed by atoms with Gasteiger partial charge in [-0.05, 0) is 20.8 Å². The van der Waals surface area contributed by atoms with Gasteiger partial charge in [-0.2, -0.15) is 5.26 Å². The lowest BCUT2D eigenvalue weighted by Crippen LogP contribution is -2.39. The molecule has 0 bridgehead atoms. The van der Waals surface area contributed by atoms with Gasteiger partial charge in [0.2, 0.25) is 5.91 Å². The smallest absolute Gasteiger partial charge is 0.242 e. The number of likely N-dealkylation sites (N-methyl/N-ethyl adjacent to an activating group) is 1. The van der Waals surface area contributed by atoms with E-state index in [1.165, 1.54) is 4.90 Å². The minimum atomic E-state index is -0.943. The third-order valence-electron chi connectivity index (χ3n) is 1.94. The predicted molar refractivity (Wildman–Crippen MR) is 53.5 cm³/mol. The highest BCUT2D eigenvalue weighted by Crippen LogP contribution is 2.16. The monoisotopic (exact) mass is 198 g/mol. The average Bonchev–Trinajstić information content (AvgIpc) is 2.17. The molecule has 0 spiro atoms. The summed E-state index contributed by atoms with van der Waals surface area (Å²) < 4.78 is 5.12. The Kier molecular flexibility index (Phi) is 5.18. The molecule has 0 aromatic rings. The second-order valence-electron chi connectivity index (χ2n) is 3.66. The minimum Gasteiger partial charge on any atom is -0.380 e. The zero-order valence-electron chi connectivity index (χ0n) is 9.33. The standard InChI is InChI=1S/C10H18N2O2/c1-5-14-7-6-12(4)9(13)10(2,3)8-11/h5-7H2,1-4H3. The van der Waals surface area contributed by atoms with Crippen LogP contribution in [0.1, 0.15) is 20.8 Å². The maximum Gasteiger partial charge on any atom is 0.242 e. The largest absolute Gasteiger partial charge is 0.380 e. The van der Waals surface area contributed by atoms with Gasteiger partial charge < -0.3 is 9.64 Å². The van der Waals surface area contributed by atoms with Crippen LogP contribution in [-0.4, -0.2) is 37.6 Å². The van der Waals surface area contributed by atoms with E-state index in [0.29, 0.717) is 19.8 Å². The highest BCUT2D eigenvalue weighted by Gasteiger charge is 2.29. The van der Waals surface area contributed by atoms with Crippen molar-refractivity contribution >= 4 is 5.91 Å². The van der Waals surface area contributed by atoms with Gasteiger partial charge in [-0.1, -0.05) is 0 Å². The van der Waals surface area contributed by atoms with Crippen LogP contribution < -0.4 is 0 Å². The molecule has 1 amide bonds. The van der Waals surface area contributed by atoms with Crippen LogP contribution in [-0.2, 0) is 9.53 Å². The number of carbonyl (C=O) groups excluding carboxylic acids is 1. The molecule has 4 nitrogen and oxygen atoms in total. The van der Waals surface area contributed by atoms with Gasteiger partial charge in [0, 0.05) is 20.2 Å². The SMILES string of the molecule is CCOCCN(C)C(=O)C(C)(C)C#N. The molecular weight excluding hydrogens is 180 g/mol. The molecule has 0 aromatic carbocycles. The van der Waals surface area contributed by atoms with E-state index in [2.05, 4.69) is 0 Å². The van der Waals surface area contributed by atoms with Crippen LogP contribution in [0.2, 0.25) is 0 Å². The van der Waals surface area contributed by atoms with Crippen LogP contribution in [0.3, 0.4) is 0 Å². The molecule has 0 atom stereocenters. The summed E-state index contributed by atoms with van der Waals surface area (Å²) in [4.78, 5) is 13.2. The number of carbonyl (C=O) groups is 1. The van der Waals surface area contributed by atoms with Crippen molar-refractivity contribution in [3.8, 4) is 6.07 Å². The normalized spacial score (nSPS) is 10.8. The number of amides is 1. The van der Waals surface area contributed by atoms with E-state index < -0.39 is 5.41 Å². The van der Waals surface area contributed by atoms with Crippen LogP contribution in [0.15, 0.2) is 0 Å². The van der Waals surface area contributed by atoms with Crippen LogP contribution in [0.5, 0.6) is 0 Å². The van der Waals surface area contributed by atoms with E-state index in [4.69, 9.17) is 10.00 Å². The van der Waals surface area contributed by atoms with Gasteiger partial charge in [0.05, 0.1) is 12.7 Å². The van der Waals surface area contributed by atoms with Crippen LogP contribution >= 0.6 is 0 Å². The van der Waals surface area contributed by atoms with Crippen molar-refractivity contribution in [1.29, 1.82) is 5.26 Å². The zero-order chi connectivity index (χ0) is 11.2. The fraction of sp³-hybridized carbons (Fsp3) is 0.800. The second kappa shape index (κ2) is 5.61. The Morgan fingerprint density at radius 2 is 2.14 bits per heavy atom. The van der Waals surface area contributed by atoms with E-state index in [1.54, 1.807) is 20.9 Å². The first-order valence-corrected chi connectivity index (χ1v) is 4.70. The van der Waals surface area contributed by atoms with Gasteiger partial charge in [-0.25, -0.2) is 0 Å². The van der Waals surface area contributed by atoms with E-state index in [-0.39, 0.29) is 5.91 Å². The first-order valence-electron chi connectivity index (χ1n) is 4.70. The molecule has 14 heavy (non-hydrogen) atoms. The Morgan fingerprint density at radius 1 is 1.57 bits per heavy atom. The summed E-state index contributed by atoms with van der Waals surface area (Å²) in [7, 11) is 1.68. The van der Waals surface area contributed by atoms with Crippen molar-refractivity contribution in [1.82, 2.24) is 4.90 Å². The number of hydrogen-bond acceptors (Lipinski definition) is 3. The van der Waals surface area contributed by atoms with Gasteiger partial charge in [-0.3, -0.25) is 4.79 Å². The number of nitriles is 1. The summed E-state index contributed by atoms with van der Waals surface area (Å²) in [6.45, 7) is 6.82. The molecule has 0 aliphatic heterocycles. The summed E-state index contributed by atoms with van der Waals surface area (Å²) in [6.07, 6.45) is 0. The molecule has 0 N–H and O–H groups in total. The van der Waals surface area contributed by atoms with Crippen LogP contribution in [0, 0.1) is 16.7 Å². The molecule has 4 heteroatoms. The summed E-state index contributed by atoms with van der Waals surface area (Å²) >= 11 is 0. The van der Waals surface area contributed by atoms with Crippen molar-refractivity contribution in [3.63, 3.8) is 0 Å². The van der Waals surface area contributed by atoms with Crippen LogP contribution in [0.25, 0.3) is 0 Å². The molecule has 0 aromatic heterocycles. The van der Waals surface area contributed by atoms with E-state index >= 15 is 0 Å². The summed E-state index contributed by atoms with van der Waals surface area (Å²) in [6, 6.07) is 1.98. The van der Waals surface area contributed by atoms with Crippen molar-refractivity contribution in [2.45, 2.75) is 20.8 Å². The Balaban J connectivity index is 4.07.